The van der Waals surface area contributed by atoms with Crippen molar-refractivity contribution in [2.75, 3.05) is 7.05 Å². The van der Waals surface area contributed by atoms with E-state index in [1.54, 1.807) is 39.8 Å². The van der Waals surface area contributed by atoms with Gasteiger partial charge in [0.15, 0.2) is 0 Å². The van der Waals surface area contributed by atoms with Crippen molar-refractivity contribution < 1.29 is 4.79 Å². The minimum atomic E-state index is -0.117. The van der Waals surface area contributed by atoms with Gasteiger partial charge in [-0.25, -0.2) is 9.36 Å². The summed E-state index contributed by atoms with van der Waals surface area (Å²) in [5.74, 6) is -0.117. The molecular weight excluding hydrogens is 366 g/mol. The predicted octanol–water partition coefficient (Wildman–Crippen LogP) is 2.66. The van der Waals surface area contributed by atoms with Gasteiger partial charge >= 0.3 is 0 Å². The van der Waals surface area contributed by atoms with Crippen LogP contribution in [-0.2, 0) is 13.2 Å². The van der Waals surface area contributed by atoms with Gasteiger partial charge in [-0.2, -0.15) is 15.3 Å². The highest BCUT2D eigenvalue weighted by atomic mass is 16.2. The molecule has 4 aromatic rings. The lowest BCUT2D eigenvalue weighted by Gasteiger charge is -2.16. The fourth-order valence-corrected chi connectivity index (χ4v) is 3.23. The average molecular weight is 389 g/mol. The van der Waals surface area contributed by atoms with E-state index >= 15 is 0 Å². The molecular formula is C21H23N7O. The lowest BCUT2D eigenvalue weighted by molar-refractivity contribution is 0.0778. The van der Waals surface area contributed by atoms with Crippen molar-refractivity contribution in [1.82, 2.24) is 34.2 Å². The van der Waals surface area contributed by atoms with Gasteiger partial charge in [0.05, 0.1) is 11.4 Å². The smallest absolute Gasteiger partial charge is 0.274 e. The Bertz CT molecular complexity index is 1110. The topological polar surface area (TPSA) is 73.8 Å². The molecule has 0 bridgehead atoms. The highest BCUT2D eigenvalue weighted by molar-refractivity contribution is 5.91. The molecule has 0 aliphatic rings. The van der Waals surface area contributed by atoms with Crippen molar-refractivity contribution in [2.24, 2.45) is 0 Å². The molecule has 3 heterocycles. The van der Waals surface area contributed by atoms with E-state index in [1.807, 2.05) is 61.1 Å². The number of rotatable bonds is 6. The molecule has 0 unspecified atom stereocenters. The second-order valence-electron chi connectivity index (χ2n) is 7.09. The van der Waals surface area contributed by atoms with Gasteiger partial charge in [0.2, 0.25) is 0 Å². The molecule has 0 aliphatic carbocycles. The number of benzene rings is 1. The van der Waals surface area contributed by atoms with Crippen LogP contribution in [0.3, 0.4) is 0 Å². The molecule has 0 aliphatic heterocycles. The Morgan fingerprint density at radius 1 is 1.07 bits per heavy atom. The third kappa shape index (κ3) is 4.11. The first-order valence-electron chi connectivity index (χ1n) is 9.38. The Labute approximate surface area is 169 Å². The largest absolute Gasteiger partial charge is 0.336 e. The van der Waals surface area contributed by atoms with Crippen LogP contribution in [0.2, 0.25) is 0 Å². The minimum absolute atomic E-state index is 0.117. The quantitative estimate of drug-likeness (QED) is 0.508. The lowest BCUT2D eigenvalue weighted by Crippen LogP contribution is -2.27. The second-order valence-corrected chi connectivity index (χ2v) is 7.09. The zero-order valence-corrected chi connectivity index (χ0v) is 16.7. The van der Waals surface area contributed by atoms with E-state index < -0.39 is 0 Å². The number of amides is 1. The van der Waals surface area contributed by atoms with Gasteiger partial charge in [-0.1, -0.05) is 12.1 Å². The van der Waals surface area contributed by atoms with E-state index in [1.165, 1.54) is 0 Å². The summed E-state index contributed by atoms with van der Waals surface area (Å²) in [4.78, 5) is 14.4. The maximum atomic E-state index is 12.8. The van der Waals surface area contributed by atoms with Gasteiger partial charge < -0.3 is 4.90 Å². The number of carbonyl (C=O) groups is 1. The van der Waals surface area contributed by atoms with E-state index in [0.29, 0.717) is 18.9 Å². The van der Waals surface area contributed by atoms with E-state index in [9.17, 15) is 4.79 Å². The Kier molecular flexibility index (Phi) is 4.99. The number of carbonyl (C=O) groups excluding carboxylic acids is 1. The van der Waals surface area contributed by atoms with Crippen LogP contribution in [0.15, 0.2) is 61.1 Å². The molecule has 8 nitrogen and oxygen atoms in total. The molecule has 0 N–H and O–H groups in total. The normalized spacial score (nSPS) is 11.0. The van der Waals surface area contributed by atoms with Crippen LogP contribution in [0.25, 0.3) is 5.69 Å². The minimum Gasteiger partial charge on any atom is -0.336 e. The molecule has 0 radical (unpaired) electrons. The first kappa shape index (κ1) is 18.7. The molecule has 8 heteroatoms. The van der Waals surface area contributed by atoms with Crippen LogP contribution in [0.4, 0.5) is 0 Å². The van der Waals surface area contributed by atoms with Gasteiger partial charge in [0.25, 0.3) is 5.91 Å². The van der Waals surface area contributed by atoms with E-state index in [4.69, 9.17) is 0 Å². The van der Waals surface area contributed by atoms with Crippen LogP contribution >= 0.6 is 0 Å². The summed E-state index contributed by atoms with van der Waals surface area (Å²) in [6.07, 6.45) is 5.44. The standard InChI is InChI=1S/C21H23N7O/c1-16-13-17(2)28(23-16)15-26-12-9-20(24-26)21(29)25(3)14-18-5-7-19(8-6-18)27-11-4-10-22-27/h4-13H,14-15H2,1-3H3. The zero-order valence-electron chi connectivity index (χ0n) is 16.7. The van der Waals surface area contributed by atoms with Crippen molar-refractivity contribution in [3.8, 4) is 5.69 Å². The summed E-state index contributed by atoms with van der Waals surface area (Å²) >= 11 is 0. The van der Waals surface area contributed by atoms with Crippen LogP contribution in [-0.4, -0.2) is 47.2 Å². The number of hydrogen-bond donors (Lipinski definition) is 0. The monoisotopic (exact) mass is 389 g/mol. The first-order chi connectivity index (χ1) is 14.0. The molecule has 0 atom stereocenters. The predicted molar refractivity (Wildman–Crippen MR) is 109 cm³/mol. The van der Waals surface area contributed by atoms with E-state index in [0.717, 1.165) is 22.6 Å². The van der Waals surface area contributed by atoms with Crippen molar-refractivity contribution in [1.29, 1.82) is 0 Å². The first-order valence-corrected chi connectivity index (χ1v) is 9.38. The highest BCUT2D eigenvalue weighted by Gasteiger charge is 2.15. The maximum absolute atomic E-state index is 12.8. The maximum Gasteiger partial charge on any atom is 0.274 e. The molecule has 0 saturated heterocycles. The average Bonchev–Trinajstić information content (AvgIpc) is 3.44. The van der Waals surface area contributed by atoms with Gasteiger partial charge in [0.1, 0.15) is 12.4 Å². The molecule has 1 amide bonds. The van der Waals surface area contributed by atoms with E-state index in [2.05, 4.69) is 15.3 Å². The molecule has 29 heavy (non-hydrogen) atoms. The molecule has 148 valence electrons. The molecule has 1 aromatic carbocycles. The number of aromatic nitrogens is 6. The fourth-order valence-electron chi connectivity index (χ4n) is 3.23. The fraction of sp³-hybridized carbons (Fsp3) is 0.238. The van der Waals surface area contributed by atoms with Crippen LogP contribution < -0.4 is 0 Å². The van der Waals surface area contributed by atoms with E-state index in [-0.39, 0.29) is 5.91 Å². The Morgan fingerprint density at radius 2 is 1.86 bits per heavy atom. The summed E-state index contributed by atoms with van der Waals surface area (Å²) < 4.78 is 5.38. The molecule has 0 spiro atoms. The summed E-state index contributed by atoms with van der Waals surface area (Å²) in [6, 6.07) is 13.6. The Morgan fingerprint density at radius 3 is 2.52 bits per heavy atom. The van der Waals surface area contributed by atoms with Gasteiger partial charge in [-0.05, 0) is 49.7 Å². The van der Waals surface area contributed by atoms with Crippen molar-refractivity contribution >= 4 is 5.91 Å². The molecule has 4 rings (SSSR count). The third-order valence-corrected chi connectivity index (χ3v) is 4.71. The number of nitrogens with zero attached hydrogens (tertiary/aromatic N) is 7. The van der Waals surface area contributed by atoms with Crippen molar-refractivity contribution in [2.45, 2.75) is 27.1 Å². The van der Waals surface area contributed by atoms with Gasteiger partial charge in [0, 0.05) is 37.9 Å². The SMILES string of the molecule is Cc1cc(C)n(Cn2ccc(C(=O)N(C)Cc3ccc(-n4cccn4)cc3)n2)n1. The summed E-state index contributed by atoms with van der Waals surface area (Å²) in [5, 5.41) is 13.1. The highest BCUT2D eigenvalue weighted by Crippen LogP contribution is 2.12. The van der Waals surface area contributed by atoms with Crippen LogP contribution in [0, 0.1) is 13.8 Å². The Hall–Kier alpha value is -3.68. The van der Waals surface area contributed by atoms with Gasteiger partial charge in [-0.15, -0.1) is 0 Å². The zero-order chi connectivity index (χ0) is 20.4. The molecule has 3 aromatic heterocycles. The van der Waals surface area contributed by atoms with Crippen LogP contribution in [0.5, 0.6) is 0 Å². The lowest BCUT2D eigenvalue weighted by atomic mass is 10.2. The molecule has 0 fully saturated rings. The second kappa shape index (κ2) is 7.75. The van der Waals surface area contributed by atoms with Gasteiger partial charge in [-0.3, -0.25) is 9.48 Å². The summed E-state index contributed by atoms with van der Waals surface area (Å²) in [7, 11) is 1.78. The van der Waals surface area contributed by atoms with Crippen molar-refractivity contribution in [3.63, 3.8) is 0 Å². The summed E-state index contributed by atoms with van der Waals surface area (Å²) in [5.41, 5.74) is 4.46. The Balaban J connectivity index is 1.40. The summed E-state index contributed by atoms with van der Waals surface area (Å²) in [6.45, 7) is 4.94. The van der Waals surface area contributed by atoms with Crippen LogP contribution in [0.1, 0.15) is 27.4 Å². The number of hydrogen-bond acceptors (Lipinski definition) is 4. The van der Waals surface area contributed by atoms with Crippen molar-refractivity contribution in [3.05, 3.63) is 83.7 Å². The third-order valence-electron chi connectivity index (χ3n) is 4.71. The number of aryl methyl sites for hydroxylation is 2. The molecule has 0 saturated carbocycles.